The predicted molar refractivity (Wildman–Crippen MR) is 107 cm³/mol. The first-order valence-electron chi connectivity index (χ1n) is 8.53. The Balaban J connectivity index is 1.69. The minimum Gasteiger partial charge on any atom is -0.369 e. The molecule has 0 unspecified atom stereocenters. The van der Waals surface area contributed by atoms with E-state index in [9.17, 15) is 5.11 Å². The summed E-state index contributed by atoms with van der Waals surface area (Å²) in [7, 11) is 0. The van der Waals surface area contributed by atoms with Crippen molar-refractivity contribution in [3.05, 3.63) is 71.8 Å². The van der Waals surface area contributed by atoms with Gasteiger partial charge in [0.25, 0.3) is 0 Å². The molecule has 2 aromatic carbocycles. The van der Waals surface area contributed by atoms with E-state index in [1.54, 1.807) is 0 Å². The highest BCUT2D eigenvalue weighted by Crippen LogP contribution is 2.31. The minimum absolute atomic E-state index is 0.102. The van der Waals surface area contributed by atoms with Gasteiger partial charge in [0.2, 0.25) is 0 Å². The smallest absolute Gasteiger partial charge is 0.184 e. The lowest BCUT2D eigenvalue weighted by atomic mass is 10.0. The van der Waals surface area contributed by atoms with Crippen molar-refractivity contribution in [2.75, 3.05) is 5.33 Å². The number of hydrogen-bond acceptors (Lipinski definition) is 4. The highest BCUT2D eigenvalue weighted by atomic mass is 79.9. The third-order valence-corrected chi connectivity index (χ3v) is 6.06. The van der Waals surface area contributed by atoms with Gasteiger partial charge in [-0.1, -0.05) is 92.5 Å². The van der Waals surface area contributed by atoms with Crippen molar-refractivity contribution in [1.82, 2.24) is 0 Å². The normalized spacial score (nSPS) is 28.8. The Kier molecular flexibility index (Phi) is 7.66. The summed E-state index contributed by atoms with van der Waals surface area (Å²) in [5.41, 5.74) is 2.11. The fraction of sp³-hybridized carbons (Fsp3) is 0.400. The molecule has 3 rings (SSSR count). The van der Waals surface area contributed by atoms with E-state index in [2.05, 4.69) is 31.9 Å². The molecule has 0 spiro atoms. The van der Waals surface area contributed by atoms with E-state index >= 15 is 0 Å². The quantitative estimate of drug-likeness (QED) is 0.601. The molecule has 2 aromatic rings. The Hall–Kier alpha value is -0.760. The molecular weight excluding hydrogens is 464 g/mol. The second-order valence-corrected chi connectivity index (χ2v) is 7.89. The molecule has 1 fully saturated rings. The summed E-state index contributed by atoms with van der Waals surface area (Å²) in [5, 5.41) is 11.1. The van der Waals surface area contributed by atoms with Gasteiger partial charge in [-0.3, -0.25) is 0 Å². The zero-order valence-electron chi connectivity index (χ0n) is 14.2. The standard InChI is InChI=1S/C20H22Br2O4/c21-11-16-17(22)18(24-12-14-7-3-1-4-8-14)19(20(23)26-16)25-13-15-9-5-2-6-10-15/h1-10,16-20,23H,11-13H2/t16-,17-,18+,19-,20+/m1/s1. The van der Waals surface area contributed by atoms with Gasteiger partial charge in [0.1, 0.15) is 12.2 Å². The third-order valence-electron chi connectivity index (χ3n) is 4.31. The lowest BCUT2D eigenvalue weighted by molar-refractivity contribution is -0.263. The highest BCUT2D eigenvalue weighted by Gasteiger charge is 2.45. The van der Waals surface area contributed by atoms with Gasteiger partial charge in [-0.25, -0.2) is 0 Å². The van der Waals surface area contributed by atoms with Crippen LogP contribution in [0.5, 0.6) is 0 Å². The maximum absolute atomic E-state index is 10.5. The number of hydrogen-bond donors (Lipinski definition) is 1. The van der Waals surface area contributed by atoms with Gasteiger partial charge in [0.15, 0.2) is 6.29 Å². The van der Waals surface area contributed by atoms with Crippen LogP contribution < -0.4 is 0 Å². The zero-order valence-corrected chi connectivity index (χ0v) is 17.4. The van der Waals surface area contributed by atoms with Crippen LogP contribution in [0.1, 0.15) is 11.1 Å². The van der Waals surface area contributed by atoms with E-state index in [4.69, 9.17) is 14.2 Å². The van der Waals surface area contributed by atoms with Crippen LogP contribution in [-0.4, -0.2) is 39.9 Å². The molecule has 1 aliphatic heterocycles. The first-order chi connectivity index (χ1) is 12.7. The van der Waals surface area contributed by atoms with E-state index in [-0.39, 0.29) is 17.0 Å². The molecule has 4 nitrogen and oxygen atoms in total. The summed E-state index contributed by atoms with van der Waals surface area (Å²) in [6, 6.07) is 19.8. The van der Waals surface area contributed by atoms with Crippen molar-refractivity contribution in [2.24, 2.45) is 0 Å². The molecule has 1 aliphatic rings. The average Bonchev–Trinajstić information content (AvgIpc) is 2.69. The zero-order chi connectivity index (χ0) is 18.4. The molecule has 0 amide bonds. The summed E-state index contributed by atoms with van der Waals surface area (Å²) in [5.74, 6) is 0. The van der Waals surface area contributed by atoms with Gasteiger partial charge in [-0.15, -0.1) is 0 Å². The van der Waals surface area contributed by atoms with Crippen LogP contribution in [0.2, 0.25) is 0 Å². The summed E-state index contributed by atoms with van der Waals surface area (Å²) in [6.07, 6.45) is -2.18. The maximum Gasteiger partial charge on any atom is 0.184 e. The summed E-state index contributed by atoms with van der Waals surface area (Å²) >= 11 is 7.11. The molecule has 1 heterocycles. The van der Waals surface area contributed by atoms with Crippen LogP contribution >= 0.6 is 31.9 Å². The Morgan fingerprint density at radius 3 is 1.85 bits per heavy atom. The van der Waals surface area contributed by atoms with Crippen molar-refractivity contribution in [2.45, 2.75) is 42.6 Å². The third kappa shape index (κ3) is 5.15. The van der Waals surface area contributed by atoms with Crippen molar-refractivity contribution in [3.63, 3.8) is 0 Å². The van der Waals surface area contributed by atoms with Crippen LogP contribution in [0.3, 0.4) is 0 Å². The first kappa shape index (κ1) is 20.0. The van der Waals surface area contributed by atoms with E-state index < -0.39 is 12.4 Å². The number of halogens is 2. The monoisotopic (exact) mass is 484 g/mol. The first-order valence-corrected chi connectivity index (χ1v) is 10.6. The van der Waals surface area contributed by atoms with Crippen molar-refractivity contribution < 1.29 is 19.3 Å². The molecular formula is C20H22Br2O4. The van der Waals surface area contributed by atoms with Crippen LogP contribution in [0.15, 0.2) is 60.7 Å². The maximum atomic E-state index is 10.5. The molecule has 0 aliphatic carbocycles. The number of aliphatic hydroxyl groups excluding tert-OH is 1. The number of rotatable bonds is 7. The van der Waals surface area contributed by atoms with Crippen LogP contribution in [0.25, 0.3) is 0 Å². The van der Waals surface area contributed by atoms with Crippen molar-refractivity contribution >= 4 is 31.9 Å². The molecule has 1 N–H and O–H groups in total. The fourth-order valence-electron chi connectivity index (χ4n) is 2.91. The summed E-state index contributed by atoms with van der Waals surface area (Å²) < 4.78 is 17.8. The molecule has 0 bridgehead atoms. The molecule has 6 heteroatoms. The van der Waals surface area contributed by atoms with E-state index in [1.165, 1.54) is 0 Å². The second kappa shape index (κ2) is 9.97. The second-order valence-electron chi connectivity index (χ2n) is 6.19. The van der Waals surface area contributed by atoms with Crippen LogP contribution in [0.4, 0.5) is 0 Å². The number of ether oxygens (including phenoxy) is 3. The highest BCUT2D eigenvalue weighted by molar-refractivity contribution is 9.10. The topological polar surface area (TPSA) is 47.9 Å². The fourth-order valence-corrected chi connectivity index (χ4v) is 4.73. The van der Waals surface area contributed by atoms with E-state index in [1.807, 2.05) is 60.7 Å². The molecule has 26 heavy (non-hydrogen) atoms. The van der Waals surface area contributed by atoms with Crippen molar-refractivity contribution in [1.29, 1.82) is 0 Å². The Bertz CT molecular complexity index is 655. The minimum atomic E-state index is -1.05. The molecule has 1 saturated heterocycles. The van der Waals surface area contributed by atoms with Gasteiger partial charge in [0.05, 0.1) is 24.1 Å². The number of benzene rings is 2. The Morgan fingerprint density at radius 2 is 1.35 bits per heavy atom. The Labute approximate surface area is 170 Å². The molecule has 5 atom stereocenters. The Morgan fingerprint density at radius 1 is 0.846 bits per heavy atom. The van der Waals surface area contributed by atoms with Crippen LogP contribution in [-0.2, 0) is 27.4 Å². The summed E-state index contributed by atoms with van der Waals surface area (Å²) in [4.78, 5) is -0.102. The van der Waals surface area contributed by atoms with Gasteiger partial charge in [0, 0.05) is 5.33 Å². The lowest BCUT2D eigenvalue weighted by Gasteiger charge is -2.42. The number of alkyl halides is 2. The van der Waals surface area contributed by atoms with Crippen LogP contribution in [0, 0.1) is 0 Å². The van der Waals surface area contributed by atoms with E-state index in [0.717, 1.165) is 11.1 Å². The van der Waals surface area contributed by atoms with Gasteiger partial charge in [-0.05, 0) is 11.1 Å². The summed E-state index contributed by atoms with van der Waals surface area (Å²) in [6.45, 7) is 0.830. The molecule has 0 aromatic heterocycles. The largest absolute Gasteiger partial charge is 0.369 e. The van der Waals surface area contributed by atoms with Gasteiger partial charge in [-0.2, -0.15) is 0 Å². The lowest BCUT2D eigenvalue weighted by Crippen LogP contribution is -2.57. The van der Waals surface area contributed by atoms with Crippen molar-refractivity contribution in [3.8, 4) is 0 Å². The molecule has 140 valence electrons. The molecule has 0 radical (unpaired) electrons. The van der Waals surface area contributed by atoms with E-state index in [0.29, 0.717) is 18.5 Å². The number of aliphatic hydroxyl groups is 1. The predicted octanol–water partition coefficient (Wildman–Crippen LogP) is 4.03. The van der Waals surface area contributed by atoms with Gasteiger partial charge >= 0.3 is 0 Å². The SMILES string of the molecule is O[C@H]1O[C@H](CBr)[C@@H](Br)[C@H](OCc2ccccc2)[C@H]1OCc1ccccc1. The van der Waals surface area contributed by atoms with Gasteiger partial charge < -0.3 is 19.3 Å². The average molecular weight is 486 g/mol. The molecule has 0 saturated carbocycles.